The summed E-state index contributed by atoms with van der Waals surface area (Å²) >= 11 is 6.11. The van der Waals surface area contributed by atoms with Gasteiger partial charge in [0.15, 0.2) is 0 Å². The van der Waals surface area contributed by atoms with Gasteiger partial charge < -0.3 is 5.32 Å². The Morgan fingerprint density at radius 1 is 1.30 bits per heavy atom. The summed E-state index contributed by atoms with van der Waals surface area (Å²) in [4.78, 5) is 26.2. The molecule has 1 N–H and O–H groups in total. The maximum Gasteiger partial charge on any atom is 0.237 e. The number of piperidine rings is 1. The van der Waals surface area contributed by atoms with E-state index in [1.807, 2.05) is 18.2 Å². The van der Waals surface area contributed by atoms with Gasteiger partial charge in [-0.2, -0.15) is 0 Å². The molecule has 2 saturated heterocycles. The van der Waals surface area contributed by atoms with Crippen LogP contribution >= 0.6 is 11.6 Å². The van der Waals surface area contributed by atoms with Gasteiger partial charge in [0, 0.05) is 18.0 Å². The molecule has 0 aliphatic carbocycles. The normalized spacial score (nSPS) is 26.6. The molecule has 1 aromatic carbocycles. The number of nitrogens with one attached hydrogen (secondary N) is 1. The molecule has 2 amide bonds. The molecular formula is C15H17ClN2O2. The molecule has 2 heterocycles. The molecule has 0 radical (unpaired) electrons. The number of hydrogen-bond acceptors (Lipinski definition) is 3. The van der Waals surface area contributed by atoms with E-state index >= 15 is 0 Å². The lowest BCUT2D eigenvalue weighted by molar-refractivity contribution is -0.142. The third-order valence-electron chi connectivity index (χ3n) is 4.25. The molecule has 4 nitrogen and oxygen atoms in total. The van der Waals surface area contributed by atoms with Crippen molar-refractivity contribution in [2.75, 3.05) is 13.1 Å². The maximum atomic E-state index is 12.6. The highest BCUT2D eigenvalue weighted by Crippen LogP contribution is 2.39. The monoisotopic (exact) mass is 292 g/mol. The molecule has 1 atom stereocenters. The molecule has 0 aromatic heterocycles. The highest BCUT2D eigenvalue weighted by molar-refractivity contribution is 6.31. The van der Waals surface area contributed by atoms with E-state index in [-0.39, 0.29) is 18.4 Å². The van der Waals surface area contributed by atoms with Gasteiger partial charge in [-0.1, -0.05) is 29.8 Å². The Balaban J connectivity index is 1.82. The first-order valence-electron chi connectivity index (χ1n) is 6.91. The number of carbonyl (C=O) groups excluding carboxylic acids is 2. The SMILES string of the molecule is O=C1CC2(CCCNC2)C(=O)N1Cc1ccccc1Cl. The van der Waals surface area contributed by atoms with Crippen LogP contribution in [-0.2, 0) is 16.1 Å². The summed E-state index contributed by atoms with van der Waals surface area (Å²) in [5.41, 5.74) is 0.299. The maximum absolute atomic E-state index is 12.6. The zero-order valence-electron chi connectivity index (χ0n) is 11.2. The first-order valence-corrected chi connectivity index (χ1v) is 7.29. The van der Waals surface area contributed by atoms with Gasteiger partial charge >= 0.3 is 0 Å². The van der Waals surface area contributed by atoms with Crippen LogP contribution in [-0.4, -0.2) is 29.8 Å². The Bertz CT molecular complexity index is 553. The van der Waals surface area contributed by atoms with Crippen LogP contribution in [0.25, 0.3) is 0 Å². The second kappa shape index (κ2) is 5.19. The average molecular weight is 293 g/mol. The zero-order valence-corrected chi connectivity index (χ0v) is 11.9. The molecule has 0 bridgehead atoms. The lowest BCUT2D eigenvalue weighted by Gasteiger charge is -2.31. The Labute approximate surface area is 123 Å². The van der Waals surface area contributed by atoms with E-state index in [1.165, 1.54) is 4.90 Å². The number of likely N-dealkylation sites (tertiary alicyclic amines) is 1. The molecule has 2 aliphatic heterocycles. The van der Waals surface area contributed by atoms with Gasteiger partial charge in [0.25, 0.3) is 0 Å². The van der Waals surface area contributed by atoms with Gasteiger partial charge in [-0.15, -0.1) is 0 Å². The lowest BCUT2D eigenvalue weighted by Crippen LogP contribution is -2.45. The molecule has 20 heavy (non-hydrogen) atoms. The second-order valence-corrected chi connectivity index (χ2v) is 6.02. The Hall–Kier alpha value is -1.39. The van der Waals surface area contributed by atoms with Crippen LogP contribution in [0.1, 0.15) is 24.8 Å². The number of imide groups is 1. The molecule has 2 aliphatic rings. The minimum Gasteiger partial charge on any atom is -0.316 e. The standard InChI is InChI=1S/C15H17ClN2O2/c16-12-5-2-1-4-11(12)9-18-13(19)8-15(14(18)20)6-3-7-17-10-15/h1-2,4-5,17H,3,6-10H2. The number of benzene rings is 1. The molecule has 2 fully saturated rings. The van der Waals surface area contributed by atoms with Crippen molar-refractivity contribution >= 4 is 23.4 Å². The summed E-state index contributed by atoms with van der Waals surface area (Å²) in [6.07, 6.45) is 2.06. The highest BCUT2D eigenvalue weighted by atomic mass is 35.5. The molecule has 1 unspecified atom stereocenters. The number of nitrogens with zero attached hydrogens (tertiary/aromatic N) is 1. The molecule has 0 saturated carbocycles. The Morgan fingerprint density at radius 2 is 2.10 bits per heavy atom. The summed E-state index contributed by atoms with van der Waals surface area (Å²) in [7, 11) is 0. The molecule has 106 valence electrons. The third-order valence-corrected chi connectivity index (χ3v) is 4.62. The van der Waals surface area contributed by atoms with Gasteiger partial charge in [-0.3, -0.25) is 14.5 Å². The fraction of sp³-hybridized carbons (Fsp3) is 0.467. The highest BCUT2D eigenvalue weighted by Gasteiger charge is 2.51. The summed E-state index contributed by atoms with van der Waals surface area (Å²) in [6.45, 7) is 1.81. The van der Waals surface area contributed by atoms with Crippen LogP contribution in [0.3, 0.4) is 0 Å². The molecular weight excluding hydrogens is 276 g/mol. The van der Waals surface area contributed by atoms with Crippen molar-refractivity contribution in [3.8, 4) is 0 Å². The van der Waals surface area contributed by atoms with Crippen molar-refractivity contribution in [2.24, 2.45) is 5.41 Å². The Kier molecular flexibility index (Phi) is 3.52. The quantitative estimate of drug-likeness (QED) is 0.848. The minimum absolute atomic E-state index is 0.0466. The number of amides is 2. The van der Waals surface area contributed by atoms with E-state index in [1.54, 1.807) is 6.07 Å². The van der Waals surface area contributed by atoms with Crippen molar-refractivity contribution in [2.45, 2.75) is 25.8 Å². The second-order valence-electron chi connectivity index (χ2n) is 5.61. The van der Waals surface area contributed by atoms with Crippen molar-refractivity contribution in [1.82, 2.24) is 10.2 Å². The van der Waals surface area contributed by atoms with Crippen LogP contribution < -0.4 is 5.32 Å². The number of carbonyl (C=O) groups is 2. The van der Waals surface area contributed by atoms with E-state index in [4.69, 9.17) is 11.6 Å². The van der Waals surface area contributed by atoms with Crippen molar-refractivity contribution in [3.05, 3.63) is 34.9 Å². The number of hydrogen-bond donors (Lipinski definition) is 1. The van der Waals surface area contributed by atoms with Gasteiger partial charge in [0.2, 0.25) is 11.8 Å². The van der Waals surface area contributed by atoms with Crippen LogP contribution in [0.5, 0.6) is 0 Å². The topological polar surface area (TPSA) is 49.4 Å². The van der Waals surface area contributed by atoms with Crippen molar-refractivity contribution < 1.29 is 9.59 Å². The fourth-order valence-electron chi connectivity index (χ4n) is 3.12. The molecule has 1 aromatic rings. The number of halogens is 1. The first kappa shape index (κ1) is 13.6. The van der Waals surface area contributed by atoms with E-state index in [0.717, 1.165) is 24.9 Å². The Morgan fingerprint density at radius 3 is 2.80 bits per heavy atom. The average Bonchev–Trinajstić information content (AvgIpc) is 2.66. The van der Waals surface area contributed by atoms with Crippen LogP contribution in [0.2, 0.25) is 5.02 Å². The third kappa shape index (κ3) is 2.23. The predicted molar refractivity (Wildman–Crippen MR) is 76.2 cm³/mol. The van der Waals surface area contributed by atoms with Crippen molar-refractivity contribution in [3.63, 3.8) is 0 Å². The summed E-state index contributed by atoms with van der Waals surface area (Å²) in [5, 5.41) is 3.83. The van der Waals surface area contributed by atoms with E-state index in [0.29, 0.717) is 18.0 Å². The van der Waals surface area contributed by atoms with Gasteiger partial charge in [0.05, 0.1) is 12.0 Å². The molecule has 3 rings (SSSR count). The molecule has 1 spiro atoms. The van der Waals surface area contributed by atoms with Crippen molar-refractivity contribution in [1.29, 1.82) is 0 Å². The fourth-order valence-corrected chi connectivity index (χ4v) is 3.31. The number of rotatable bonds is 2. The summed E-state index contributed by atoms with van der Waals surface area (Å²) < 4.78 is 0. The van der Waals surface area contributed by atoms with Gasteiger partial charge in [0.1, 0.15) is 0 Å². The minimum atomic E-state index is -0.517. The predicted octanol–water partition coefficient (Wildman–Crippen LogP) is 1.97. The smallest absolute Gasteiger partial charge is 0.237 e. The van der Waals surface area contributed by atoms with E-state index in [9.17, 15) is 9.59 Å². The largest absolute Gasteiger partial charge is 0.316 e. The van der Waals surface area contributed by atoms with E-state index in [2.05, 4.69) is 5.32 Å². The van der Waals surface area contributed by atoms with Crippen LogP contribution in [0.15, 0.2) is 24.3 Å². The van der Waals surface area contributed by atoms with E-state index < -0.39 is 5.41 Å². The summed E-state index contributed by atoms with van der Waals surface area (Å²) in [5.74, 6) is -0.131. The van der Waals surface area contributed by atoms with Crippen LogP contribution in [0, 0.1) is 5.41 Å². The van der Waals surface area contributed by atoms with Crippen LogP contribution in [0.4, 0.5) is 0 Å². The zero-order chi connectivity index (χ0) is 14.2. The first-order chi connectivity index (χ1) is 9.62. The summed E-state index contributed by atoms with van der Waals surface area (Å²) in [6, 6.07) is 7.34. The van der Waals surface area contributed by atoms with Gasteiger partial charge in [-0.25, -0.2) is 0 Å². The molecule has 5 heteroatoms. The lowest BCUT2D eigenvalue weighted by atomic mass is 9.79. The van der Waals surface area contributed by atoms with Gasteiger partial charge in [-0.05, 0) is 31.0 Å².